The molecule has 2 aliphatic rings. The zero-order chi connectivity index (χ0) is 14.9. The summed E-state index contributed by atoms with van der Waals surface area (Å²) in [7, 11) is 0. The molecule has 4 heteroatoms. The summed E-state index contributed by atoms with van der Waals surface area (Å²) < 4.78 is 11.5. The van der Waals surface area contributed by atoms with E-state index < -0.39 is 11.0 Å². The first-order valence-corrected chi connectivity index (χ1v) is 7.58. The molecule has 1 aromatic rings. The summed E-state index contributed by atoms with van der Waals surface area (Å²) in [5, 5.41) is 21.0. The fourth-order valence-corrected chi connectivity index (χ4v) is 3.47. The minimum absolute atomic E-state index is 0.0196. The molecule has 2 heterocycles. The van der Waals surface area contributed by atoms with Crippen LogP contribution in [0.2, 0.25) is 0 Å². The average Bonchev–Trinajstić information content (AvgIpc) is 2.54. The maximum Gasteiger partial charge on any atom is 0.124 e. The molecule has 0 aromatic heterocycles. The van der Waals surface area contributed by atoms with Crippen molar-refractivity contribution in [2.45, 2.75) is 44.3 Å². The number of benzene rings is 1. The molecule has 112 valence electrons. The summed E-state index contributed by atoms with van der Waals surface area (Å²) in [6.45, 7) is 2.79. The summed E-state index contributed by atoms with van der Waals surface area (Å²) in [5.41, 5.74) is -0.939. The van der Waals surface area contributed by atoms with Gasteiger partial charge >= 0.3 is 0 Å². The second kappa shape index (κ2) is 5.32. The molecule has 0 saturated carbocycles. The second-order valence-electron chi connectivity index (χ2n) is 6.15. The van der Waals surface area contributed by atoms with Crippen molar-refractivity contribution >= 4 is 0 Å². The Balaban J connectivity index is 1.93. The smallest absolute Gasteiger partial charge is 0.124 e. The zero-order valence-corrected chi connectivity index (χ0v) is 12.3. The Kier molecular flexibility index (Phi) is 3.64. The van der Waals surface area contributed by atoms with Crippen molar-refractivity contribution < 1.29 is 14.6 Å². The lowest BCUT2D eigenvalue weighted by atomic mass is 9.64. The lowest BCUT2D eigenvalue weighted by Crippen LogP contribution is -2.57. The van der Waals surface area contributed by atoms with Gasteiger partial charge in [-0.3, -0.25) is 0 Å². The van der Waals surface area contributed by atoms with Gasteiger partial charge < -0.3 is 14.6 Å². The van der Waals surface area contributed by atoms with Crippen molar-refractivity contribution in [3.63, 3.8) is 0 Å². The van der Waals surface area contributed by atoms with Crippen LogP contribution in [0.4, 0.5) is 0 Å². The SMILES string of the molecule is CCC1CC(O)(C2(C#N)COc3ccccc3C2)CCO1. The van der Waals surface area contributed by atoms with Crippen molar-refractivity contribution in [3.8, 4) is 11.8 Å². The highest BCUT2D eigenvalue weighted by Crippen LogP contribution is 2.47. The van der Waals surface area contributed by atoms with Crippen LogP contribution in [0.1, 0.15) is 31.7 Å². The van der Waals surface area contributed by atoms with Gasteiger partial charge in [-0.05, 0) is 18.1 Å². The number of rotatable bonds is 2. The van der Waals surface area contributed by atoms with Crippen LogP contribution in [0.15, 0.2) is 24.3 Å². The van der Waals surface area contributed by atoms with Crippen LogP contribution in [0, 0.1) is 16.7 Å². The van der Waals surface area contributed by atoms with E-state index in [1.54, 1.807) is 0 Å². The van der Waals surface area contributed by atoms with Crippen LogP contribution in [0.5, 0.6) is 5.75 Å². The van der Waals surface area contributed by atoms with Gasteiger partial charge in [0.05, 0.1) is 17.8 Å². The molecule has 3 rings (SSSR count). The third-order valence-electron chi connectivity index (χ3n) is 4.93. The lowest BCUT2D eigenvalue weighted by Gasteiger charge is -2.48. The Bertz CT molecular complexity index is 567. The largest absolute Gasteiger partial charge is 0.492 e. The third-order valence-corrected chi connectivity index (χ3v) is 4.93. The first-order chi connectivity index (χ1) is 10.1. The molecular weight excluding hydrogens is 266 g/mol. The van der Waals surface area contributed by atoms with Crippen molar-refractivity contribution in [2.24, 2.45) is 5.41 Å². The Morgan fingerprint density at radius 1 is 1.43 bits per heavy atom. The molecule has 0 spiro atoms. The highest BCUT2D eigenvalue weighted by Gasteiger charge is 2.55. The van der Waals surface area contributed by atoms with Gasteiger partial charge in [-0.1, -0.05) is 25.1 Å². The van der Waals surface area contributed by atoms with Crippen molar-refractivity contribution in [1.82, 2.24) is 0 Å². The predicted molar refractivity (Wildman–Crippen MR) is 77.9 cm³/mol. The number of nitriles is 1. The predicted octanol–water partition coefficient (Wildman–Crippen LogP) is 2.45. The van der Waals surface area contributed by atoms with Gasteiger partial charge in [0.2, 0.25) is 0 Å². The number of fused-ring (bicyclic) bond motifs is 1. The maximum absolute atomic E-state index is 11.2. The molecule has 1 aromatic carbocycles. The summed E-state index contributed by atoms with van der Waals surface area (Å²) in [6.07, 6.45) is 2.39. The Labute approximate surface area is 125 Å². The average molecular weight is 287 g/mol. The van der Waals surface area contributed by atoms with Crippen LogP contribution in [0.25, 0.3) is 0 Å². The summed E-state index contributed by atoms with van der Waals surface area (Å²) in [4.78, 5) is 0. The first kappa shape index (κ1) is 14.4. The Morgan fingerprint density at radius 2 is 2.24 bits per heavy atom. The Morgan fingerprint density at radius 3 is 3.00 bits per heavy atom. The molecule has 3 atom stereocenters. The van der Waals surface area contributed by atoms with E-state index in [1.807, 2.05) is 31.2 Å². The molecule has 0 amide bonds. The van der Waals surface area contributed by atoms with Crippen LogP contribution in [-0.2, 0) is 11.2 Å². The Hall–Kier alpha value is -1.57. The molecule has 4 nitrogen and oxygen atoms in total. The molecule has 1 saturated heterocycles. The van der Waals surface area contributed by atoms with E-state index in [0.717, 1.165) is 17.7 Å². The molecular formula is C17H21NO3. The van der Waals surface area contributed by atoms with Gasteiger partial charge in [0.15, 0.2) is 0 Å². The topological polar surface area (TPSA) is 62.5 Å². The maximum atomic E-state index is 11.2. The van der Waals surface area contributed by atoms with E-state index >= 15 is 0 Å². The minimum atomic E-state index is -1.05. The zero-order valence-electron chi connectivity index (χ0n) is 12.3. The van der Waals surface area contributed by atoms with Gasteiger partial charge in [-0.15, -0.1) is 0 Å². The number of aliphatic hydroxyl groups is 1. The molecule has 0 radical (unpaired) electrons. The van der Waals surface area contributed by atoms with E-state index in [9.17, 15) is 10.4 Å². The van der Waals surface area contributed by atoms with Crippen LogP contribution >= 0.6 is 0 Å². The first-order valence-electron chi connectivity index (χ1n) is 7.58. The van der Waals surface area contributed by atoms with Crippen molar-refractivity contribution in [1.29, 1.82) is 5.26 Å². The van der Waals surface area contributed by atoms with Gasteiger partial charge in [0.25, 0.3) is 0 Å². The van der Waals surface area contributed by atoms with E-state index in [4.69, 9.17) is 9.47 Å². The molecule has 1 fully saturated rings. The fraction of sp³-hybridized carbons (Fsp3) is 0.588. The van der Waals surface area contributed by atoms with Gasteiger partial charge in [-0.25, -0.2) is 0 Å². The van der Waals surface area contributed by atoms with Crippen molar-refractivity contribution in [3.05, 3.63) is 29.8 Å². The van der Waals surface area contributed by atoms with Crippen molar-refractivity contribution in [2.75, 3.05) is 13.2 Å². The lowest BCUT2D eigenvalue weighted by molar-refractivity contribution is -0.162. The van der Waals surface area contributed by atoms with E-state index in [0.29, 0.717) is 25.9 Å². The van der Waals surface area contributed by atoms with Crippen LogP contribution < -0.4 is 4.74 Å². The molecule has 0 aliphatic carbocycles. The molecule has 1 N–H and O–H groups in total. The molecule has 0 bridgehead atoms. The quantitative estimate of drug-likeness (QED) is 0.907. The highest BCUT2D eigenvalue weighted by atomic mass is 16.5. The number of nitrogens with zero attached hydrogens (tertiary/aromatic N) is 1. The number of para-hydroxylation sites is 1. The standard InChI is InChI=1S/C17H21NO3/c1-2-14-10-17(19,7-8-20-14)16(11-18)9-13-5-3-4-6-15(13)21-12-16/h3-6,14,19H,2,7-10,12H2,1H3. The monoisotopic (exact) mass is 287 g/mol. The minimum Gasteiger partial charge on any atom is -0.492 e. The number of ether oxygens (including phenoxy) is 2. The van der Waals surface area contributed by atoms with Crippen LogP contribution in [-0.4, -0.2) is 30.0 Å². The molecule has 2 aliphatic heterocycles. The fourth-order valence-electron chi connectivity index (χ4n) is 3.47. The highest BCUT2D eigenvalue weighted by molar-refractivity contribution is 5.38. The number of hydrogen-bond acceptors (Lipinski definition) is 4. The number of hydrogen-bond donors (Lipinski definition) is 1. The van der Waals surface area contributed by atoms with Crippen LogP contribution in [0.3, 0.4) is 0 Å². The molecule has 21 heavy (non-hydrogen) atoms. The van der Waals surface area contributed by atoms with Gasteiger partial charge in [-0.2, -0.15) is 5.26 Å². The summed E-state index contributed by atoms with van der Waals surface area (Å²) in [5.74, 6) is 0.825. The van der Waals surface area contributed by atoms with E-state index in [-0.39, 0.29) is 12.7 Å². The van der Waals surface area contributed by atoms with Gasteiger partial charge in [0, 0.05) is 25.9 Å². The van der Waals surface area contributed by atoms with E-state index in [1.165, 1.54) is 0 Å². The van der Waals surface area contributed by atoms with Gasteiger partial charge in [0.1, 0.15) is 17.8 Å². The molecule has 3 unspecified atom stereocenters. The second-order valence-corrected chi connectivity index (χ2v) is 6.15. The van der Waals surface area contributed by atoms with E-state index in [2.05, 4.69) is 6.07 Å². The third kappa shape index (κ3) is 2.31. The normalized spacial score (nSPS) is 35.4. The summed E-state index contributed by atoms with van der Waals surface area (Å²) in [6, 6.07) is 10.1. The summed E-state index contributed by atoms with van der Waals surface area (Å²) >= 11 is 0.